The molecule has 3 fully saturated rings. The molecule has 0 aliphatic heterocycles. The molecule has 30 heavy (non-hydrogen) atoms. The summed E-state index contributed by atoms with van der Waals surface area (Å²) in [5.74, 6) is 2.52. The zero-order chi connectivity index (χ0) is 22.1. The highest BCUT2D eigenvalue weighted by atomic mass is 16.5. The van der Waals surface area contributed by atoms with Gasteiger partial charge in [0.1, 0.15) is 0 Å². The highest BCUT2D eigenvalue weighted by molar-refractivity contribution is 5.29. The van der Waals surface area contributed by atoms with Crippen LogP contribution in [0.25, 0.3) is 0 Å². The molecule has 3 unspecified atom stereocenters. The van der Waals surface area contributed by atoms with Crippen LogP contribution in [0.3, 0.4) is 0 Å². The lowest BCUT2D eigenvalue weighted by Crippen LogP contribution is -2.39. The maximum Gasteiger partial charge on any atom is 0.0809 e. The molecule has 3 aliphatic carbocycles. The Morgan fingerprint density at radius 3 is 2.40 bits per heavy atom. The minimum Gasteiger partial charge on any atom is -0.388 e. The van der Waals surface area contributed by atoms with Crippen molar-refractivity contribution in [3.8, 4) is 0 Å². The number of hydrogen-bond acceptors (Lipinski definition) is 3. The number of hydrogen-bond donors (Lipinski definition) is 2. The molecule has 3 rings (SSSR count). The highest BCUT2D eigenvalue weighted by Crippen LogP contribution is 2.58. The van der Waals surface area contributed by atoms with Crippen molar-refractivity contribution in [2.45, 2.75) is 97.9 Å². The van der Waals surface area contributed by atoms with Crippen LogP contribution in [0.5, 0.6) is 0 Å². The summed E-state index contributed by atoms with van der Waals surface area (Å²) in [5.41, 5.74) is 3.58. The summed E-state index contributed by atoms with van der Waals surface area (Å²) >= 11 is 0. The maximum absolute atomic E-state index is 10.1. The molecule has 0 aromatic rings. The molecular weight excluding hydrogens is 372 g/mol. The van der Waals surface area contributed by atoms with Gasteiger partial charge in [0.25, 0.3) is 0 Å². The van der Waals surface area contributed by atoms with Crippen molar-refractivity contribution >= 4 is 0 Å². The Bertz CT molecular complexity index is 660. The van der Waals surface area contributed by atoms with Crippen LogP contribution in [0.15, 0.2) is 35.5 Å². The van der Waals surface area contributed by atoms with Gasteiger partial charge >= 0.3 is 0 Å². The van der Waals surface area contributed by atoms with Gasteiger partial charge in [0.15, 0.2) is 0 Å². The number of ether oxygens (including phenoxy) is 1. The predicted molar refractivity (Wildman–Crippen MR) is 124 cm³/mol. The third-order valence-electron chi connectivity index (χ3n) is 8.66. The first-order valence-electron chi connectivity index (χ1n) is 12.2. The fourth-order valence-corrected chi connectivity index (χ4v) is 6.09. The minimum atomic E-state index is -0.614. The van der Waals surface area contributed by atoms with Gasteiger partial charge in [0.2, 0.25) is 0 Å². The second-order valence-electron chi connectivity index (χ2n) is 10.9. The first-order chi connectivity index (χ1) is 14.1. The molecule has 0 radical (unpaired) electrons. The smallest absolute Gasteiger partial charge is 0.0809 e. The van der Waals surface area contributed by atoms with Crippen LogP contribution in [-0.2, 0) is 4.74 Å². The van der Waals surface area contributed by atoms with E-state index in [2.05, 4.69) is 53.3 Å². The van der Waals surface area contributed by atoms with Gasteiger partial charge in [0, 0.05) is 6.61 Å². The van der Waals surface area contributed by atoms with E-state index in [9.17, 15) is 10.2 Å². The Morgan fingerprint density at radius 1 is 1.10 bits per heavy atom. The molecule has 0 amide bonds. The number of allylic oxidation sites excluding steroid dienone is 3. The summed E-state index contributed by atoms with van der Waals surface area (Å²) in [6, 6.07) is 0. The maximum atomic E-state index is 10.1. The second kappa shape index (κ2) is 9.71. The van der Waals surface area contributed by atoms with Crippen molar-refractivity contribution in [3.63, 3.8) is 0 Å². The van der Waals surface area contributed by atoms with Crippen molar-refractivity contribution in [1.29, 1.82) is 0 Å². The topological polar surface area (TPSA) is 49.7 Å². The molecule has 3 nitrogen and oxygen atoms in total. The normalized spacial score (nSPS) is 38.1. The van der Waals surface area contributed by atoms with Crippen molar-refractivity contribution in [2.24, 2.45) is 29.1 Å². The van der Waals surface area contributed by atoms with Crippen LogP contribution in [0.2, 0.25) is 0 Å². The summed E-state index contributed by atoms with van der Waals surface area (Å²) in [7, 11) is 0. The van der Waals surface area contributed by atoms with E-state index in [-0.39, 0.29) is 0 Å². The third-order valence-corrected chi connectivity index (χ3v) is 8.66. The summed E-state index contributed by atoms with van der Waals surface area (Å²) in [6.45, 7) is 16.3. The zero-order valence-electron chi connectivity index (χ0n) is 19.9. The standard InChI is InChI=1S/C27H44O3/c1-17(2)18(3)16-30-20(5)23-11-12-24-22(8-7-13-27(23,24)6)10-9-21-14-25(28)19(4)26(29)15-21/h9-10,17-18,20,23-26,28-29H,4,7-8,11-16H2,1-3,5-6H3/t18-,20+,23?,24?,25+,26+,27?/m0/s1. The van der Waals surface area contributed by atoms with Gasteiger partial charge in [-0.2, -0.15) is 0 Å². The van der Waals surface area contributed by atoms with E-state index >= 15 is 0 Å². The quantitative estimate of drug-likeness (QED) is 0.536. The fraction of sp³-hybridized carbons (Fsp3) is 0.778. The molecule has 3 saturated carbocycles. The zero-order valence-corrected chi connectivity index (χ0v) is 19.9. The molecule has 0 bridgehead atoms. The molecule has 0 aromatic heterocycles. The monoisotopic (exact) mass is 416 g/mol. The lowest BCUT2D eigenvalue weighted by atomic mass is 9.62. The van der Waals surface area contributed by atoms with Gasteiger partial charge in [0.05, 0.1) is 18.3 Å². The van der Waals surface area contributed by atoms with Gasteiger partial charge in [-0.15, -0.1) is 0 Å². The van der Waals surface area contributed by atoms with Gasteiger partial charge in [-0.1, -0.05) is 57.6 Å². The van der Waals surface area contributed by atoms with Crippen molar-refractivity contribution < 1.29 is 14.9 Å². The predicted octanol–water partition coefficient (Wildman–Crippen LogP) is 5.82. The van der Waals surface area contributed by atoms with Gasteiger partial charge in [-0.25, -0.2) is 0 Å². The lowest BCUT2D eigenvalue weighted by molar-refractivity contribution is -0.0403. The summed E-state index contributed by atoms with van der Waals surface area (Å²) in [5, 5.41) is 20.3. The van der Waals surface area contributed by atoms with E-state index in [1.807, 2.05) is 0 Å². The lowest BCUT2D eigenvalue weighted by Gasteiger charge is -2.44. The van der Waals surface area contributed by atoms with Gasteiger partial charge < -0.3 is 14.9 Å². The number of fused-ring (bicyclic) bond motifs is 1. The average Bonchev–Trinajstić information content (AvgIpc) is 3.05. The Balaban J connectivity index is 1.69. The fourth-order valence-electron chi connectivity index (χ4n) is 6.09. The van der Waals surface area contributed by atoms with Crippen LogP contribution < -0.4 is 0 Å². The van der Waals surface area contributed by atoms with Gasteiger partial charge in [-0.3, -0.25) is 0 Å². The van der Waals surface area contributed by atoms with E-state index in [1.165, 1.54) is 32.1 Å². The molecule has 170 valence electrons. The summed E-state index contributed by atoms with van der Waals surface area (Å²) < 4.78 is 6.39. The van der Waals surface area contributed by atoms with Crippen LogP contribution in [0.4, 0.5) is 0 Å². The van der Waals surface area contributed by atoms with E-state index < -0.39 is 12.2 Å². The Hall–Kier alpha value is -0.900. The van der Waals surface area contributed by atoms with Gasteiger partial charge in [-0.05, 0) is 86.5 Å². The van der Waals surface area contributed by atoms with Crippen molar-refractivity contribution in [2.75, 3.05) is 6.61 Å². The number of rotatable bonds is 6. The number of aliphatic hydroxyl groups is 2. The van der Waals surface area contributed by atoms with Crippen molar-refractivity contribution in [3.05, 3.63) is 35.5 Å². The van der Waals surface area contributed by atoms with Crippen molar-refractivity contribution in [1.82, 2.24) is 0 Å². The van der Waals surface area contributed by atoms with E-state index in [0.717, 1.165) is 12.2 Å². The molecule has 0 spiro atoms. The van der Waals surface area contributed by atoms with Crippen LogP contribution in [0.1, 0.15) is 79.6 Å². The van der Waals surface area contributed by atoms with E-state index in [4.69, 9.17) is 4.74 Å². The second-order valence-corrected chi connectivity index (χ2v) is 10.9. The molecule has 0 heterocycles. The Morgan fingerprint density at radius 2 is 1.77 bits per heavy atom. The average molecular weight is 417 g/mol. The third kappa shape index (κ3) is 4.95. The molecular formula is C27H44O3. The first-order valence-corrected chi connectivity index (χ1v) is 12.2. The van der Waals surface area contributed by atoms with Crippen LogP contribution in [-0.4, -0.2) is 35.1 Å². The van der Waals surface area contributed by atoms with E-state index in [1.54, 1.807) is 5.57 Å². The molecule has 2 N–H and O–H groups in total. The Labute approximate surface area is 184 Å². The molecule has 3 heteroatoms. The summed E-state index contributed by atoms with van der Waals surface area (Å²) in [4.78, 5) is 0. The largest absolute Gasteiger partial charge is 0.388 e. The first kappa shape index (κ1) is 23.8. The molecule has 0 aromatic carbocycles. The summed E-state index contributed by atoms with van der Waals surface area (Å²) in [6.07, 6.45) is 11.0. The number of aliphatic hydroxyl groups excluding tert-OH is 2. The minimum absolute atomic E-state index is 0.313. The van der Waals surface area contributed by atoms with E-state index in [0.29, 0.717) is 53.6 Å². The molecule has 3 aliphatic rings. The Kier molecular flexibility index (Phi) is 7.69. The van der Waals surface area contributed by atoms with Crippen LogP contribution in [0, 0.1) is 29.1 Å². The molecule has 0 saturated heterocycles. The molecule has 7 atom stereocenters. The highest BCUT2D eigenvalue weighted by Gasteiger charge is 2.51. The van der Waals surface area contributed by atoms with Crippen LogP contribution >= 0.6 is 0 Å². The SMILES string of the molecule is C=C1[C@H](O)CC(=CC=C2CCCC3(C)C2CCC3[C@@H](C)OC[C@H](C)C(C)C)C[C@H]1O.